The average molecular weight is 847 g/mol. The molecule has 0 saturated heterocycles. The molecule has 2 aliphatic rings. The van der Waals surface area contributed by atoms with Gasteiger partial charge in [0, 0.05) is 45.0 Å². The van der Waals surface area contributed by atoms with E-state index in [2.05, 4.69) is 248 Å². The first-order valence-corrected chi connectivity index (χ1v) is 23.7. The minimum absolute atomic E-state index is 0.595. The van der Waals surface area contributed by atoms with Gasteiger partial charge in [0.1, 0.15) is 22.7 Å². The summed E-state index contributed by atoms with van der Waals surface area (Å²) in [6.07, 6.45) is 0. The molecule has 0 aliphatic carbocycles. The van der Waals surface area contributed by atoms with Gasteiger partial charge in [-0.2, -0.15) is 0 Å². The highest BCUT2D eigenvalue weighted by molar-refractivity contribution is 6.96. The van der Waals surface area contributed by atoms with Gasteiger partial charge < -0.3 is 14.1 Å². The van der Waals surface area contributed by atoms with Crippen molar-refractivity contribution in [2.24, 2.45) is 0 Å². The van der Waals surface area contributed by atoms with Gasteiger partial charge in [-0.1, -0.05) is 175 Å². The van der Waals surface area contributed by atoms with Crippen LogP contribution in [0.5, 0.6) is 11.5 Å². The van der Waals surface area contributed by atoms with E-state index < -0.39 is 14.2 Å². The first-order valence-electron chi connectivity index (χ1n) is 22.2. The zero-order valence-electron chi connectivity index (χ0n) is 35.4. The molecule has 0 N–H and O–H groups in total. The van der Waals surface area contributed by atoms with E-state index in [9.17, 15) is 0 Å². The van der Waals surface area contributed by atoms with Crippen LogP contribution < -0.4 is 25.2 Å². The molecule has 10 aromatic carbocycles. The predicted molar refractivity (Wildman–Crippen MR) is 269 cm³/mol. The lowest BCUT2D eigenvalue weighted by molar-refractivity contribution is 0.435. The number of furan rings is 1. The number of benzene rings is 10. The Hall–Kier alpha value is -8.18. The maximum absolute atomic E-state index is 6.85. The number of anilines is 3. The molecule has 65 heavy (non-hydrogen) atoms. The summed E-state index contributed by atoms with van der Waals surface area (Å²) in [6.45, 7) is 0. The van der Waals surface area contributed by atoms with E-state index in [1.165, 1.54) is 48.9 Å². The molecule has 305 valence electrons. The number of hydrogen-bond acceptors (Lipinski definition) is 3. The fourth-order valence-electron chi connectivity index (χ4n) is 10.6. The van der Waals surface area contributed by atoms with Crippen LogP contribution >= 0.6 is 0 Å². The van der Waals surface area contributed by atoms with Crippen LogP contribution in [-0.2, 0) is 5.41 Å². The van der Waals surface area contributed by atoms with Gasteiger partial charge in [-0.05, 0) is 110 Å². The summed E-state index contributed by atoms with van der Waals surface area (Å²) in [4.78, 5) is 2.30. The summed E-state index contributed by atoms with van der Waals surface area (Å²) in [7, 11) is -1.40. The third-order valence-corrected chi connectivity index (χ3v) is 16.3. The fourth-order valence-corrected chi connectivity index (χ4v) is 13.6. The van der Waals surface area contributed by atoms with Gasteiger partial charge in [0.05, 0.1) is 5.41 Å². The van der Waals surface area contributed by atoms with Gasteiger partial charge in [0.15, 0.2) is 8.80 Å². The summed E-state index contributed by atoms with van der Waals surface area (Å²) in [5.41, 5.74) is 13.9. The first-order chi connectivity index (χ1) is 32.2. The standard InChI is InChI=1S/C61H40NO2Si/c1-4-16-41(17-5-1)42-28-32-46(33-29-42)62(45-18-6-2-7-19-45)47-34-36-50-49-35-30-44(39-57(49)64-58(50)40-47)43-31-37-60-54(38-43)61(51-22-10-13-25-55(51)63-56-26-14-11-23-52(56)61)53-24-12-15-27-59(53)65(60)48-20-8-3-9-21-48/h1-40H. The van der Waals surface area contributed by atoms with E-state index in [-0.39, 0.29) is 0 Å². The Morgan fingerprint density at radius 3 is 1.55 bits per heavy atom. The lowest BCUT2D eigenvalue weighted by Gasteiger charge is -2.47. The number of rotatable bonds is 6. The summed E-state index contributed by atoms with van der Waals surface area (Å²) >= 11 is 0. The Kier molecular flexibility index (Phi) is 8.61. The molecule has 0 unspecified atom stereocenters. The molecule has 4 heteroatoms. The van der Waals surface area contributed by atoms with Crippen LogP contribution in [0.4, 0.5) is 17.1 Å². The Morgan fingerprint density at radius 2 is 0.831 bits per heavy atom. The summed E-state index contributed by atoms with van der Waals surface area (Å²) in [5.74, 6) is 1.79. The summed E-state index contributed by atoms with van der Waals surface area (Å²) in [5, 5.41) is 6.37. The molecule has 3 nitrogen and oxygen atoms in total. The van der Waals surface area contributed by atoms with E-state index in [4.69, 9.17) is 9.15 Å². The fraction of sp³-hybridized carbons (Fsp3) is 0.0164. The predicted octanol–water partition coefficient (Wildman–Crippen LogP) is 13.7. The van der Waals surface area contributed by atoms with Crippen molar-refractivity contribution < 1.29 is 9.15 Å². The molecule has 0 fully saturated rings. The highest BCUT2D eigenvalue weighted by Crippen LogP contribution is 2.56. The van der Waals surface area contributed by atoms with Crippen LogP contribution in [0.2, 0.25) is 0 Å². The molecule has 11 aromatic rings. The molecule has 1 radical (unpaired) electrons. The number of hydrogen-bond donors (Lipinski definition) is 0. The molecule has 1 spiro atoms. The zero-order chi connectivity index (χ0) is 42.9. The van der Waals surface area contributed by atoms with Crippen molar-refractivity contribution in [1.29, 1.82) is 0 Å². The second-order valence-electron chi connectivity index (χ2n) is 17.0. The maximum Gasteiger partial charge on any atom is 0.155 e. The second-order valence-corrected chi connectivity index (χ2v) is 19.4. The molecule has 0 saturated carbocycles. The van der Waals surface area contributed by atoms with E-state index in [0.29, 0.717) is 0 Å². The summed E-state index contributed by atoms with van der Waals surface area (Å²) < 4.78 is 13.6. The van der Waals surface area contributed by atoms with E-state index >= 15 is 0 Å². The van der Waals surface area contributed by atoms with Crippen molar-refractivity contribution >= 4 is 63.4 Å². The Labute approximate surface area is 379 Å². The van der Waals surface area contributed by atoms with Crippen molar-refractivity contribution in [2.45, 2.75) is 5.41 Å². The second kappa shape index (κ2) is 15.0. The highest BCUT2D eigenvalue weighted by atomic mass is 28.3. The number of ether oxygens (including phenoxy) is 1. The quantitative estimate of drug-likeness (QED) is 0.156. The third-order valence-electron chi connectivity index (χ3n) is 13.5. The van der Waals surface area contributed by atoms with Gasteiger partial charge in [-0.15, -0.1) is 0 Å². The molecule has 2 aliphatic heterocycles. The van der Waals surface area contributed by atoms with Crippen LogP contribution in [0.15, 0.2) is 247 Å². The topological polar surface area (TPSA) is 25.6 Å². The molecular weight excluding hydrogens is 807 g/mol. The van der Waals surface area contributed by atoms with Crippen molar-refractivity contribution in [3.63, 3.8) is 0 Å². The minimum Gasteiger partial charge on any atom is -0.457 e. The Bertz CT molecular complexity index is 3540. The minimum atomic E-state index is -1.40. The zero-order valence-corrected chi connectivity index (χ0v) is 36.4. The van der Waals surface area contributed by atoms with Crippen LogP contribution in [-0.4, -0.2) is 8.80 Å². The normalized spacial score (nSPS) is 13.4. The number of nitrogens with zero attached hydrogens (tertiary/aromatic N) is 1. The smallest absolute Gasteiger partial charge is 0.155 e. The van der Waals surface area contributed by atoms with Crippen molar-refractivity contribution in [1.82, 2.24) is 0 Å². The van der Waals surface area contributed by atoms with Crippen LogP contribution in [0, 0.1) is 0 Å². The van der Waals surface area contributed by atoms with E-state index in [0.717, 1.165) is 61.6 Å². The van der Waals surface area contributed by atoms with E-state index in [1.54, 1.807) is 0 Å². The molecular formula is C61H40NO2Si. The van der Waals surface area contributed by atoms with E-state index in [1.807, 2.05) is 0 Å². The van der Waals surface area contributed by atoms with Gasteiger partial charge in [-0.25, -0.2) is 0 Å². The van der Waals surface area contributed by atoms with Crippen LogP contribution in [0.3, 0.4) is 0 Å². The molecule has 0 atom stereocenters. The first kappa shape index (κ1) is 37.4. The third kappa shape index (κ3) is 5.88. The van der Waals surface area contributed by atoms with Crippen LogP contribution in [0.1, 0.15) is 22.3 Å². The largest absolute Gasteiger partial charge is 0.457 e. The van der Waals surface area contributed by atoms with Gasteiger partial charge >= 0.3 is 0 Å². The van der Waals surface area contributed by atoms with Gasteiger partial charge in [-0.3, -0.25) is 0 Å². The number of para-hydroxylation sites is 3. The Morgan fingerprint density at radius 1 is 0.338 bits per heavy atom. The molecule has 13 rings (SSSR count). The lowest BCUT2D eigenvalue weighted by Crippen LogP contribution is -2.62. The maximum atomic E-state index is 6.85. The van der Waals surface area contributed by atoms with Gasteiger partial charge in [0.2, 0.25) is 0 Å². The molecule has 3 heterocycles. The lowest BCUT2D eigenvalue weighted by atomic mass is 9.63. The molecule has 1 aromatic heterocycles. The Balaban J connectivity index is 0.963. The highest BCUT2D eigenvalue weighted by Gasteiger charge is 2.51. The average Bonchev–Trinajstić information content (AvgIpc) is 3.75. The summed E-state index contributed by atoms with van der Waals surface area (Å²) in [6, 6.07) is 88.0. The van der Waals surface area contributed by atoms with Crippen molar-refractivity contribution in [3.05, 3.63) is 265 Å². The SMILES string of the molecule is c1ccc(-c2ccc(N(c3ccccc3)c3ccc4c(c3)oc3cc(-c5ccc6c(c5)C5(c7ccccc7Oc7ccccc75)c5ccccc5[Si]6c5ccccc5)ccc34)cc2)cc1. The van der Waals surface area contributed by atoms with Crippen molar-refractivity contribution in [2.75, 3.05) is 4.90 Å². The van der Waals surface area contributed by atoms with Crippen molar-refractivity contribution in [3.8, 4) is 33.8 Å². The monoisotopic (exact) mass is 846 g/mol. The number of fused-ring (bicyclic) bond motifs is 11. The van der Waals surface area contributed by atoms with Crippen LogP contribution in [0.25, 0.3) is 44.2 Å². The molecule has 0 amide bonds. The van der Waals surface area contributed by atoms with Gasteiger partial charge in [0.25, 0.3) is 0 Å². The molecule has 0 bridgehead atoms.